The summed E-state index contributed by atoms with van der Waals surface area (Å²) < 4.78 is 6.54. The lowest BCUT2D eigenvalue weighted by molar-refractivity contribution is 0.212. The molecule has 0 aliphatic heterocycles. The predicted octanol–water partition coefficient (Wildman–Crippen LogP) is 4.55. The first-order chi connectivity index (χ1) is 9.52. The van der Waals surface area contributed by atoms with Crippen molar-refractivity contribution in [3.8, 4) is 5.75 Å². The molecule has 1 N–H and O–H groups in total. The maximum atomic E-state index is 10.6. The molecular weight excluding hydrogens is 316 g/mol. The zero-order valence-electron chi connectivity index (χ0n) is 12.0. The summed E-state index contributed by atoms with van der Waals surface area (Å²) in [6.07, 6.45) is -0.687. The minimum atomic E-state index is -0.687. The average molecular weight is 335 g/mol. The highest BCUT2D eigenvalue weighted by atomic mass is 79.9. The lowest BCUT2D eigenvalue weighted by Crippen LogP contribution is -2.04. The van der Waals surface area contributed by atoms with Crippen LogP contribution in [0, 0.1) is 13.8 Å². The van der Waals surface area contributed by atoms with Crippen LogP contribution in [0.3, 0.4) is 0 Å². The Balaban J connectivity index is 2.43. The Bertz CT molecular complexity index is 608. The van der Waals surface area contributed by atoms with Crippen LogP contribution in [0.2, 0.25) is 0 Å². The summed E-state index contributed by atoms with van der Waals surface area (Å²) >= 11 is 3.45. The van der Waals surface area contributed by atoms with Crippen molar-refractivity contribution in [2.24, 2.45) is 0 Å². The van der Waals surface area contributed by atoms with Gasteiger partial charge in [0.1, 0.15) is 11.9 Å². The SMILES string of the molecule is CCOc1ccc(Br)cc1C(O)c1ccc(C)c(C)c1. The van der Waals surface area contributed by atoms with Crippen molar-refractivity contribution in [1.82, 2.24) is 0 Å². The molecule has 0 saturated carbocycles. The number of hydrogen-bond acceptors (Lipinski definition) is 2. The molecule has 0 radical (unpaired) electrons. The third-order valence-electron chi connectivity index (χ3n) is 3.41. The fraction of sp³-hybridized carbons (Fsp3) is 0.294. The first-order valence-corrected chi connectivity index (χ1v) is 7.49. The Morgan fingerprint density at radius 2 is 1.85 bits per heavy atom. The second kappa shape index (κ2) is 6.42. The second-order valence-corrected chi connectivity index (χ2v) is 5.78. The van der Waals surface area contributed by atoms with Crippen molar-refractivity contribution in [1.29, 1.82) is 0 Å². The molecule has 20 heavy (non-hydrogen) atoms. The Hall–Kier alpha value is -1.32. The largest absolute Gasteiger partial charge is 0.493 e. The summed E-state index contributed by atoms with van der Waals surface area (Å²) in [7, 11) is 0. The van der Waals surface area contributed by atoms with Crippen molar-refractivity contribution in [2.75, 3.05) is 6.61 Å². The van der Waals surface area contributed by atoms with Crippen LogP contribution in [0.4, 0.5) is 0 Å². The van der Waals surface area contributed by atoms with Gasteiger partial charge in [0.05, 0.1) is 6.61 Å². The van der Waals surface area contributed by atoms with Crippen LogP contribution in [0.15, 0.2) is 40.9 Å². The van der Waals surface area contributed by atoms with Crippen LogP contribution in [0.25, 0.3) is 0 Å². The third-order valence-corrected chi connectivity index (χ3v) is 3.91. The molecule has 1 unspecified atom stereocenters. The quantitative estimate of drug-likeness (QED) is 0.888. The van der Waals surface area contributed by atoms with Crippen molar-refractivity contribution in [3.63, 3.8) is 0 Å². The van der Waals surface area contributed by atoms with Gasteiger partial charge in [-0.15, -0.1) is 0 Å². The molecule has 1 atom stereocenters. The van der Waals surface area contributed by atoms with Crippen molar-refractivity contribution in [3.05, 3.63) is 63.1 Å². The highest BCUT2D eigenvalue weighted by Crippen LogP contribution is 2.33. The minimum absolute atomic E-state index is 0.578. The highest BCUT2D eigenvalue weighted by Gasteiger charge is 2.16. The van der Waals surface area contributed by atoms with Crippen molar-refractivity contribution < 1.29 is 9.84 Å². The van der Waals surface area contributed by atoms with Crippen molar-refractivity contribution >= 4 is 15.9 Å². The third kappa shape index (κ3) is 3.22. The van der Waals surface area contributed by atoms with Crippen LogP contribution in [-0.4, -0.2) is 11.7 Å². The van der Waals surface area contributed by atoms with Crippen LogP contribution in [0.1, 0.15) is 35.3 Å². The van der Waals surface area contributed by atoms with Gasteiger partial charge in [-0.2, -0.15) is 0 Å². The van der Waals surface area contributed by atoms with Gasteiger partial charge in [0.25, 0.3) is 0 Å². The van der Waals surface area contributed by atoms with E-state index in [0.717, 1.165) is 21.3 Å². The van der Waals surface area contributed by atoms with Crippen molar-refractivity contribution in [2.45, 2.75) is 26.9 Å². The van der Waals surface area contributed by atoms with Gasteiger partial charge in [0.15, 0.2) is 0 Å². The molecule has 0 aliphatic carbocycles. The van der Waals surface area contributed by atoms with E-state index >= 15 is 0 Å². The lowest BCUT2D eigenvalue weighted by Gasteiger charge is -2.17. The summed E-state index contributed by atoms with van der Waals surface area (Å²) in [6.45, 7) is 6.63. The molecule has 3 heteroatoms. The van der Waals surface area contributed by atoms with Gasteiger partial charge in [0.2, 0.25) is 0 Å². The molecular formula is C17H19BrO2. The molecule has 0 aliphatic rings. The monoisotopic (exact) mass is 334 g/mol. The zero-order chi connectivity index (χ0) is 14.7. The van der Waals surface area contributed by atoms with Crippen LogP contribution in [-0.2, 0) is 0 Å². The summed E-state index contributed by atoms with van der Waals surface area (Å²) in [5.41, 5.74) is 4.06. The number of aryl methyl sites for hydroxylation is 2. The van der Waals surface area contributed by atoms with Crippen LogP contribution in [0.5, 0.6) is 5.75 Å². The number of rotatable bonds is 4. The number of halogens is 1. The van der Waals surface area contributed by atoms with E-state index in [9.17, 15) is 5.11 Å². The maximum absolute atomic E-state index is 10.6. The lowest BCUT2D eigenvalue weighted by atomic mass is 9.97. The summed E-state index contributed by atoms with van der Waals surface area (Å²) in [5, 5.41) is 10.6. The van der Waals surface area contributed by atoms with Gasteiger partial charge in [-0.25, -0.2) is 0 Å². The molecule has 0 saturated heterocycles. The summed E-state index contributed by atoms with van der Waals surface area (Å²) in [5.74, 6) is 0.724. The number of aliphatic hydroxyl groups excluding tert-OH is 1. The van der Waals surface area contributed by atoms with E-state index in [2.05, 4.69) is 29.8 Å². The van der Waals surface area contributed by atoms with Gasteiger partial charge in [0, 0.05) is 10.0 Å². The molecule has 0 heterocycles. The van der Waals surface area contributed by atoms with E-state index in [1.165, 1.54) is 11.1 Å². The molecule has 2 aromatic carbocycles. The molecule has 0 bridgehead atoms. The smallest absolute Gasteiger partial charge is 0.125 e. The van der Waals surface area contributed by atoms with E-state index in [0.29, 0.717) is 6.61 Å². The second-order valence-electron chi connectivity index (χ2n) is 4.86. The fourth-order valence-electron chi connectivity index (χ4n) is 2.13. The van der Waals surface area contributed by atoms with E-state index in [1.54, 1.807) is 0 Å². The molecule has 106 valence electrons. The normalized spacial score (nSPS) is 12.2. The molecule has 0 amide bonds. The van der Waals surface area contributed by atoms with Gasteiger partial charge in [-0.05, 0) is 55.7 Å². The van der Waals surface area contributed by atoms with Gasteiger partial charge >= 0.3 is 0 Å². The molecule has 0 spiro atoms. The van der Waals surface area contributed by atoms with E-state index in [-0.39, 0.29) is 0 Å². The maximum Gasteiger partial charge on any atom is 0.125 e. The Kier molecular flexibility index (Phi) is 4.84. The first-order valence-electron chi connectivity index (χ1n) is 6.70. The Morgan fingerprint density at radius 3 is 2.50 bits per heavy atom. The zero-order valence-corrected chi connectivity index (χ0v) is 13.6. The van der Waals surface area contributed by atoms with Gasteiger partial charge < -0.3 is 9.84 Å². The molecule has 0 aromatic heterocycles. The standard InChI is InChI=1S/C17H19BrO2/c1-4-20-16-8-7-14(18)10-15(16)17(19)13-6-5-11(2)12(3)9-13/h5-10,17,19H,4H2,1-3H3. The molecule has 0 fully saturated rings. The number of ether oxygens (including phenoxy) is 1. The minimum Gasteiger partial charge on any atom is -0.493 e. The van der Waals surface area contributed by atoms with Gasteiger partial charge in [-0.1, -0.05) is 34.1 Å². The highest BCUT2D eigenvalue weighted by molar-refractivity contribution is 9.10. The van der Waals surface area contributed by atoms with Gasteiger partial charge in [-0.3, -0.25) is 0 Å². The summed E-state index contributed by atoms with van der Waals surface area (Å²) in [6, 6.07) is 11.7. The van der Waals surface area contributed by atoms with Crippen LogP contribution >= 0.6 is 15.9 Å². The fourth-order valence-corrected chi connectivity index (χ4v) is 2.51. The Labute approximate surface area is 128 Å². The number of benzene rings is 2. The molecule has 2 aromatic rings. The average Bonchev–Trinajstić information content (AvgIpc) is 2.43. The summed E-state index contributed by atoms with van der Waals surface area (Å²) in [4.78, 5) is 0. The first kappa shape index (κ1) is 15.1. The van der Waals surface area contributed by atoms with E-state index in [1.807, 2.05) is 43.3 Å². The number of aliphatic hydroxyl groups is 1. The number of hydrogen-bond donors (Lipinski definition) is 1. The van der Waals surface area contributed by atoms with E-state index < -0.39 is 6.10 Å². The topological polar surface area (TPSA) is 29.5 Å². The molecule has 2 rings (SSSR count). The Morgan fingerprint density at radius 1 is 1.10 bits per heavy atom. The van der Waals surface area contributed by atoms with Crippen LogP contribution < -0.4 is 4.74 Å². The molecule has 2 nitrogen and oxygen atoms in total. The predicted molar refractivity (Wildman–Crippen MR) is 85.3 cm³/mol. The van der Waals surface area contributed by atoms with E-state index in [4.69, 9.17) is 4.74 Å².